The molecule has 3 aromatic rings. The van der Waals surface area contributed by atoms with Gasteiger partial charge in [-0.3, -0.25) is 0 Å². The van der Waals surface area contributed by atoms with Crippen LogP contribution in [-0.4, -0.2) is 12.2 Å². The molecule has 0 atom stereocenters. The van der Waals surface area contributed by atoms with E-state index in [1.165, 1.54) is 6.07 Å². The fourth-order valence-corrected chi connectivity index (χ4v) is 3.64. The van der Waals surface area contributed by atoms with E-state index in [-0.39, 0.29) is 5.82 Å². The lowest BCUT2D eigenvalue weighted by molar-refractivity contribution is 0.417. The van der Waals surface area contributed by atoms with E-state index in [1.54, 1.807) is 31.0 Å². The van der Waals surface area contributed by atoms with Gasteiger partial charge in [0.05, 0.1) is 12.8 Å². The van der Waals surface area contributed by atoms with Crippen LogP contribution in [0.15, 0.2) is 77.7 Å². The topological polar surface area (TPSA) is 33.3 Å². The standard InChI is InChI=1S/C21H19FN2OS2/c1-25-20-12-5-4-11-19(20)24-21(26)23-16-8-6-9-17(13-16)27-14-15-7-2-3-10-18(15)22/h2-13H,14H2,1H3,(H2,23,24,26). The highest BCUT2D eigenvalue weighted by Gasteiger charge is 2.06. The minimum atomic E-state index is -0.179. The number of anilines is 2. The van der Waals surface area contributed by atoms with E-state index < -0.39 is 0 Å². The lowest BCUT2D eigenvalue weighted by Gasteiger charge is -2.14. The highest BCUT2D eigenvalue weighted by atomic mass is 32.2. The number of methoxy groups -OCH3 is 1. The van der Waals surface area contributed by atoms with Crippen molar-refractivity contribution in [3.05, 3.63) is 84.2 Å². The fourth-order valence-electron chi connectivity index (χ4n) is 2.47. The first-order valence-electron chi connectivity index (χ1n) is 8.33. The van der Waals surface area contributed by atoms with Crippen molar-refractivity contribution in [3.8, 4) is 5.75 Å². The summed E-state index contributed by atoms with van der Waals surface area (Å²) in [5.74, 6) is 1.11. The third-order valence-electron chi connectivity index (χ3n) is 3.80. The second kappa shape index (κ2) is 9.39. The highest BCUT2D eigenvalue weighted by Crippen LogP contribution is 2.27. The van der Waals surface area contributed by atoms with E-state index >= 15 is 0 Å². The molecule has 0 unspecified atom stereocenters. The third-order valence-corrected chi connectivity index (χ3v) is 5.05. The summed E-state index contributed by atoms with van der Waals surface area (Å²) in [6.45, 7) is 0. The van der Waals surface area contributed by atoms with E-state index in [2.05, 4.69) is 10.6 Å². The molecule has 3 nitrogen and oxygen atoms in total. The maximum absolute atomic E-state index is 13.8. The Balaban J connectivity index is 1.61. The summed E-state index contributed by atoms with van der Waals surface area (Å²) in [5.41, 5.74) is 2.35. The van der Waals surface area contributed by atoms with Crippen LogP contribution in [0.4, 0.5) is 15.8 Å². The largest absolute Gasteiger partial charge is 0.495 e. The predicted octanol–water partition coefficient (Wildman–Crippen LogP) is 5.94. The molecular formula is C21H19FN2OS2. The second-order valence-corrected chi connectivity index (χ2v) is 7.14. The number of halogens is 1. The van der Waals surface area contributed by atoms with Crippen LogP contribution in [0, 0.1) is 5.82 Å². The first kappa shape index (κ1) is 19.2. The van der Waals surface area contributed by atoms with E-state index in [9.17, 15) is 4.39 Å². The van der Waals surface area contributed by atoms with Crippen LogP contribution in [0.25, 0.3) is 0 Å². The molecule has 0 bridgehead atoms. The highest BCUT2D eigenvalue weighted by molar-refractivity contribution is 7.98. The van der Waals surface area contributed by atoms with Gasteiger partial charge in [0.2, 0.25) is 0 Å². The number of rotatable bonds is 6. The number of thioether (sulfide) groups is 1. The van der Waals surface area contributed by atoms with Crippen molar-refractivity contribution >= 4 is 40.5 Å². The van der Waals surface area contributed by atoms with Crippen LogP contribution in [0.3, 0.4) is 0 Å². The van der Waals surface area contributed by atoms with Crippen molar-refractivity contribution in [1.29, 1.82) is 0 Å². The van der Waals surface area contributed by atoms with Crippen LogP contribution in [0.1, 0.15) is 5.56 Å². The molecule has 0 saturated carbocycles. The molecule has 0 amide bonds. The van der Waals surface area contributed by atoms with Crippen LogP contribution in [0.2, 0.25) is 0 Å². The molecule has 0 saturated heterocycles. The Morgan fingerprint density at radius 1 is 1.00 bits per heavy atom. The number of thiocarbonyl (C=S) groups is 1. The molecule has 0 aliphatic rings. The maximum Gasteiger partial charge on any atom is 0.175 e. The smallest absolute Gasteiger partial charge is 0.175 e. The zero-order chi connectivity index (χ0) is 19.1. The quantitative estimate of drug-likeness (QED) is 0.397. The van der Waals surface area contributed by atoms with Crippen LogP contribution >= 0.6 is 24.0 Å². The Kier molecular flexibility index (Phi) is 6.68. The van der Waals surface area contributed by atoms with E-state index in [1.807, 2.05) is 54.6 Å². The summed E-state index contributed by atoms with van der Waals surface area (Å²) < 4.78 is 19.1. The molecule has 3 rings (SSSR count). The van der Waals surface area contributed by atoms with Crippen molar-refractivity contribution in [2.24, 2.45) is 0 Å². The monoisotopic (exact) mass is 398 g/mol. The molecule has 0 fully saturated rings. The molecule has 0 heterocycles. The van der Waals surface area contributed by atoms with Crippen molar-refractivity contribution in [2.75, 3.05) is 17.7 Å². The number of nitrogens with one attached hydrogen (secondary N) is 2. The molecule has 0 aliphatic carbocycles. The molecule has 0 radical (unpaired) electrons. The van der Waals surface area contributed by atoms with Crippen LogP contribution < -0.4 is 15.4 Å². The zero-order valence-electron chi connectivity index (χ0n) is 14.7. The summed E-state index contributed by atoms with van der Waals surface area (Å²) in [6, 6.07) is 22.3. The van der Waals surface area contributed by atoms with Crippen molar-refractivity contribution in [2.45, 2.75) is 10.6 Å². The summed E-state index contributed by atoms with van der Waals surface area (Å²) >= 11 is 6.97. The van der Waals surface area contributed by atoms with Gasteiger partial charge in [0.15, 0.2) is 5.11 Å². The van der Waals surface area contributed by atoms with Gasteiger partial charge >= 0.3 is 0 Å². The van der Waals surface area contributed by atoms with Crippen molar-refractivity contribution < 1.29 is 9.13 Å². The number of hydrogen-bond acceptors (Lipinski definition) is 3. The Bertz CT molecular complexity index is 933. The van der Waals surface area contributed by atoms with Gasteiger partial charge in [0.1, 0.15) is 11.6 Å². The molecule has 3 aromatic carbocycles. The van der Waals surface area contributed by atoms with Gasteiger partial charge in [-0.05, 0) is 54.2 Å². The lowest BCUT2D eigenvalue weighted by atomic mass is 10.2. The summed E-state index contributed by atoms with van der Waals surface area (Å²) in [6.07, 6.45) is 0. The second-order valence-electron chi connectivity index (χ2n) is 5.69. The molecule has 138 valence electrons. The van der Waals surface area contributed by atoms with E-state index in [0.717, 1.165) is 22.0 Å². The normalized spacial score (nSPS) is 10.3. The first-order valence-corrected chi connectivity index (χ1v) is 9.72. The van der Waals surface area contributed by atoms with Crippen molar-refractivity contribution in [1.82, 2.24) is 0 Å². The Morgan fingerprint density at radius 2 is 1.78 bits per heavy atom. The zero-order valence-corrected chi connectivity index (χ0v) is 16.4. The summed E-state index contributed by atoms with van der Waals surface area (Å²) in [5, 5.41) is 6.77. The van der Waals surface area contributed by atoms with Crippen LogP contribution in [-0.2, 0) is 5.75 Å². The predicted molar refractivity (Wildman–Crippen MR) is 115 cm³/mol. The minimum Gasteiger partial charge on any atom is -0.495 e. The van der Waals surface area contributed by atoms with Gasteiger partial charge < -0.3 is 15.4 Å². The average Bonchev–Trinajstić information content (AvgIpc) is 2.68. The van der Waals surface area contributed by atoms with Gasteiger partial charge in [0, 0.05) is 16.3 Å². The number of benzene rings is 3. The molecule has 0 spiro atoms. The number of para-hydroxylation sites is 2. The van der Waals surface area contributed by atoms with Gasteiger partial charge in [-0.15, -0.1) is 11.8 Å². The maximum atomic E-state index is 13.8. The summed E-state index contributed by atoms with van der Waals surface area (Å²) in [4.78, 5) is 1.03. The SMILES string of the molecule is COc1ccccc1NC(=S)Nc1cccc(SCc2ccccc2F)c1. The van der Waals surface area contributed by atoms with Gasteiger partial charge in [0.25, 0.3) is 0 Å². The van der Waals surface area contributed by atoms with Crippen LogP contribution in [0.5, 0.6) is 5.75 Å². The average molecular weight is 399 g/mol. The summed E-state index contributed by atoms with van der Waals surface area (Å²) in [7, 11) is 1.62. The Morgan fingerprint density at radius 3 is 2.59 bits per heavy atom. The van der Waals surface area contributed by atoms with Gasteiger partial charge in [-0.2, -0.15) is 0 Å². The van der Waals surface area contributed by atoms with Gasteiger partial charge in [-0.25, -0.2) is 4.39 Å². The molecule has 6 heteroatoms. The van der Waals surface area contributed by atoms with E-state index in [4.69, 9.17) is 17.0 Å². The lowest BCUT2D eigenvalue weighted by Crippen LogP contribution is -2.19. The number of ether oxygens (including phenoxy) is 1. The molecule has 0 aliphatic heterocycles. The first-order chi connectivity index (χ1) is 13.2. The third kappa shape index (κ3) is 5.45. The minimum absolute atomic E-state index is 0.179. The molecule has 2 N–H and O–H groups in total. The molecular weight excluding hydrogens is 379 g/mol. The van der Waals surface area contributed by atoms with Gasteiger partial charge in [-0.1, -0.05) is 36.4 Å². The van der Waals surface area contributed by atoms with Crippen molar-refractivity contribution in [3.63, 3.8) is 0 Å². The Labute approximate surface area is 168 Å². The number of hydrogen-bond donors (Lipinski definition) is 2. The van der Waals surface area contributed by atoms with E-state index in [0.29, 0.717) is 16.4 Å². The fraction of sp³-hybridized carbons (Fsp3) is 0.0952. The molecule has 27 heavy (non-hydrogen) atoms. The molecule has 0 aromatic heterocycles. The Hall–Kier alpha value is -2.57.